The maximum Gasteiger partial charge on any atom is 0.262 e. The number of aryl methyl sites for hydroxylation is 3. The predicted octanol–water partition coefficient (Wildman–Crippen LogP) is 4.35. The minimum absolute atomic E-state index is 0.115. The topological polar surface area (TPSA) is 44.1 Å². The van der Waals surface area contributed by atoms with Gasteiger partial charge in [0, 0.05) is 16.9 Å². The molecule has 0 radical (unpaired) electrons. The number of thiophene rings is 1. The first kappa shape index (κ1) is 17.3. The fraction of sp³-hybridized carbons (Fsp3) is 0.429. The van der Waals surface area contributed by atoms with Gasteiger partial charge in [0.1, 0.15) is 16.4 Å². The monoisotopic (exact) mass is 368 g/mol. The summed E-state index contributed by atoms with van der Waals surface area (Å²) in [5.41, 5.74) is 2.38. The Bertz CT molecular complexity index is 1000. The number of benzene rings is 1. The summed E-state index contributed by atoms with van der Waals surface area (Å²) >= 11 is 1.73. The third-order valence-electron chi connectivity index (χ3n) is 5.15. The molecule has 1 aromatic carbocycles. The van der Waals surface area contributed by atoms with Crippen molar-refractivity contribution in [1.82, 2.24) is 9.55 Å². The lowest BCUT2D eigenvalue weighted by Gasteiger charge is -2.15. The van der Waals surface area contributed by atoms with Crippen LogP contribution in [0.3, 0.4) is 0 Å². The molecule has 0 atom stereocenters. The zero-order chi connectivity index (χ0) is 18.1. The SMILES string of the molecule is CCCc1nc2sc3c(c2c(=O)n1Cc1ccccc1OC)CCCC3. The van der Waals surface area contributed by atoms with Crippen LogP contribution in [0.4, 0.5) is 0 Å². The second-order valence-corrected chi connectivity index (χ2v) is 7.96. The number of fused-ring (bicyclic) bond motifs is 3. The van der Waals surface area contributed by atoms with Gasteiger partial charge in [-0.1, -0.05) is 25.1 Å². The average Bonchev–Trinajstić information content (AvgIpc) is 3.03. The van der Waals surface area contributed by atoms with E-state index < -0.39 is 0 Å². The lowest BCUT2D eigenvalue weighted by molar-refractivity contribution is 0.407. The van der Waals surface area contributed by atoms with Crippen molar-refractivity contribution in [2.45, 2.75) is 52.0 Å². The van der Waals surface area contributed by atoms with Gasteiger partial charge in [0.05, 0.1) is 19.0 Å². The Hall–Kier alpha value is -2.14. The van der Waals surface area contributed by atoms with Gasteiger partial charge >= 0.3 is 0 Å². The maximum absolute atomic E-state index is 13.4. The molecule has 0 aliphatic heterocycles. The van der Waals surface area contributed by atoms with E-state index in [9.17, 15) is 4.79 Å². The molecule has 0 unspecified atom stereocenters. The first-order valence-electron chi connectivity index (χ1n) is 9.38. The van der Waals surface area contributed by atoms with Crippen LogP contribution < -0.4 is 10.3 Å². The quantitative estimate of drug-likeness (QED) is 0.673. The van der Waals surface area contributed by atoms with E-state index in [1.54, 1.807) is 18.4 Å². The van der Waals surface area contributed by atoms with Gasteiger partial charge < -0.3 is 4.74 Å². The minimum Gasteiger partial charge on any atom is -0.496 e. The number of ether oxygens (including phenoxy) is 1. The molecular formula is C21H24N2O2S. The summed E-state index contributed by atoms with van der Waals surface area (Å²) in [5.74, 6) is 1.70. The number of methoxy groups -OCH3 is 1. The first-order valence-corrected chi connectivity index (χ1v) is 10.2. The van der Waals surface area contributed by atoms with Crippen LogP contribution in [-0.4, -0.2) is 16.7 Å². The zero-order valence-corrected chi connectivity index (χ0v) is 16.2. The van der Waals surface area contributed by atoms with Crippen LogP contribution in [0.15, 0.2) is 29.1 Å². The Balaban J connectivity index is 1.90. The molecule has 0 spiro atoms. The highest BCUT2D eigenvalue weighted by Gasteiger charge is 2.22. The van der Waals surface area contributed by atoms with Crippen LogP contribution in [0.2, 0.25) is 0 Å². The number of para-hydroxylation sites is 1. The van der Waals surface area contributed by atoms with E-state index in [4.69, 9.17) is 9.72 Å². The summed E-state index contributed by atoms with van der Waals surface area (Å²) in [4.78, 5) is 20.7. The molecule has 4 rings (SSSR count). The van der Waals surface area contributed by atoms with Crippen molar-refractivity contribution in [3.63, 3.8) is 0 Å². The summed E-state index contributed by atoms with van der Waals surface area (Å²) in [5, 5.41) is 0.861. The van der Waals surface area contributed by atoms with Crippen molar-refractivity contribution in [2.75, 3.05) is 7.11 Å². The molecule has 0 saturated heterocycles. The van der Waals surface area contributed by atoms with Gasteiger partial charge in [0.2, 0.25) is 0 Å². The fourth-order valence-corrected chi connectivity index (χ4v) is 5.13. The van der Waals surface area contributed by atoms with Gasteiger partial charge in [-0.15, -0.1) is 11.3 Å². The maximum atomic E-state index is 13.4. The van der Waals surface area contributed by atoms with E-state index in [1.165, 1.54) is 23.3 Å². The van der Waals surface area contributed by atoms with Crippen molar-refractivity contribution in [3.05, 3.63) is 56.4 Å². The number of rotatable bonds is 5. The Morgan fingerprint density at radius 2 is 2.04 bits per heavy atom. The molecule has 1 aliphatic carbocycles. The largest absolute Gasteiger partial charge is 0.496 e. The highest BCUT2D eigenvalue weighted by Crippen LogP contribution is 2.34. The summed E-state index contributed by atoms with van der Waals surface area (Å²) < 4.78 is 7.35. The molecule has 1 aliphatic rings. The number of hydrogen-bond donors (Lipinski definition) is 0. The molecule has 0 bridgehead atoms. The predicted molar refractivity (Wildman–Crippen MR) is 107 cm³/mol. The summed E-state index contributed by atoms with van der Waals surface area (Å²) in [6.45, 7) is 2.63. The van der Waals surface area contributed by atoms with Crippen LogP contribution in [0.25, 0.3) is 10.2 Å². The van der Waals surface area contributed by atoms with Crippen molar-refractivity contribution in [1.29, 1.82) is 0 Å². The smallest absolute Gasteiger partial charge is 0.262 e. The summed E-state index contributed by atoms with van der Waals surface area (Å²) in [7, 11) is 1.67. The number of aromatic nitrogens is 2. The number of nitrogens with zero attached hydrogens (tertiary/aromatic N) is 2. The average molecular weight is 369 g/mol. The highest BCUT2D eigenvalue weighted by atomic mass is 32.1. The Morgan fingerprint density at radius 1 is 1.23 bits per heavy atom. The molecule has 0 amide bonds. The summed E-state index contributed by atoms with van der Waals surface area (Å²) in [6, 6.07) is 7.90. The molecule has 4 nitrogen and oxygen atoms in total. The van der Waals surface area contributed by atoms with E-state index in [1.807, 2.05) is 28.8 Å². The fourth-order valence-electron chi connectivity index (χ4n) is 3.86. The van der Waals surface area contributed by atoms with Gasteiger partial charge in [0.25, 0.3) is 5.56 Å². The van der Waals surface area contributed by atoms with E-state index in [0.717, 1.165) is 53.0 Å². The molecule has 2 aromatic heterocycles. The molecule has 2 heterocycles. The lowest BCUT2D eigenvalue weighted by atomic mass is 9.97. The van der Waals surface area contributed by atoms with Gasteiger partial charge in [-0.25, -0.2) is 4.98 Å². The van der Waals surface area contributed by atoms with Crippen molar-refractivity contribution < 1.29 is 4.74 Å². The molecule has 0 N–H and O–H groups in total. The first-order chi connectivity index (χ1) is 12.7. The van der Waals surface area contributed by atoms with Crippen molar-refractivity contribution >= 4 is 21.6 Å². The van der Waals surface area contributed by atoms with Crippen LogP contribution in [-0.2, 0) is 25.8 Å². The molecule has 0 saturated carbocycles. The minimum atomic E-state index is 0.115. The van der Waals surface area contributed by atoms with Gasteiger partial charge in [-0.05, 0) is 43.7 Å². The standard InChI is InChI=1S/C21H24N2O2S/c1-3-8-18-22-20-19(15-10-5-7-12-17(15)26-20)21(24)23(18)13-14-9-4-6-11-16(14)25-2/h4,6,9,11H,3,5,7-8,10,12-13H2,1-2H3. The van der Waals surface area contributed by atoms with Crippen LogP contribution in [0, 0.1) is 0 Å². The van der Waals surface area contributed by atoms with E-state index in [-0.39, 0.29) is 5.56 Å². The second-order valence-electron chi connectivity index (χ2n) is 6.87. The third-order valence-corrected chi connectivity index (χ3v) is 6.33. The molecular weight excluding hydrogens is 344 g/mol. The Kier molecular flexibility index (Phi) is 4.81. The Labute approximate surface area is 157 Å². The molecule has 3 aromatic rings. The Morgan fingerprint density at radius 3 is 2.85 bits per heavy atom. The second kappa shape index (κ2) is 7.23. The molecule has 26 heavy (non-hydrogen) atoms. The molecule has 5 heteroatoms. The summed E-state index contributed by atoms with van der Waals surface area (Å²) in [6.07, 6.45) is 6.26. The zero-order valence-electron chi connectivity index (χ0n) is 15.4. The third kappa shape index (κ3) is 2.94. The van der Waals surface area contributed by atoms with Crippen molar-refractivity contribution in [2.24, 2.45) is 0 Å². The normalized spacial score (nSPS) is 13.8. The van der Waals surface area contributed by atoms with Crippen molar-refractivity contribution in [3.8, 4) is 5.75 Å². The van der Waals surface area contributed by atoms with E-state index >= 15 is 0 Å². The van der Waals surface area contributed by atoms with Gasteiger partial charge in [-0.2, -0.15) is 0 Å². The molecule has 136 valence electrons. The number of hydrogen-bond acceptors (Lipinski definition) is 4. The van der Waals surface area contributed by atoms with Gasteiger partial charge in [-0.3, -0.25) is 9.36 Å². The van der Waals surface area contributed by atoms with Crippen LogP contribution in [0.1, 0.15) is 48.0 Å². The van der Waals surface area contributed by atoms with Crippen LogP contribution in [0.5, 0.6) is 5.75 Å². The highest BCUT2D eigenvalue weighted by molar-refractivity contribution is 7.18. The molecule has 0 fully saturated rings. The van der Waals surface area contributed by atoms with Crippen LogP contribution >= 0.6 is 11.3 Å². The lowest BCUT2D eigenvalue weighted by Crippen LogP contribution is -2.26. The van der Waals surface area contributed by atoms with E-state index in [2.05, 4.69) is 6.92 Å². The van der Waals surface area contributed by atoms with E-state index in [0.29, 0.717) is 6.54 Å². The van der Waals surface area contributed by atoms with Gasteiger partial charge in [0.15, 0.2) is 0 Å².